The second-order valence-corrected chi connectivity index (χ2v) is 7.99. The monoisotopic (exact) mass is 441 g/mol. The summed E-state index contributed by atoms with van der Waals surface area (Å²) in [5.74, 6) is -0.942. The van der Waals surface area contributed by atoms with Crippen molar-refractivity contribution in [3.63, 3.8) is 0 Å². The number of amides is 1. The van der Waals surface area contributed by atoms with Crippen LogP contribution in [0.5, 0.6) is 0 Å². The Balaban J connectivity index is 1.56. The lowest BCUT2D eigenvalue weighted by Crippen LogP contribution is -2.36. The molecule has 2 aromatic heterocycles. The number of hydrogen-bond acceptors (Lipinski definition) is 8. The largest absolute Gasteiger partial charge is 0.384 e. The van der Waals surface area contributed by atoms with E-state index in [9.17, 15) is 19.2 Å². The maximum absolute atomic E-state index is 12.8. The molecule has 2 heterocycles. The van der Waals surface area contributed by atoms with E-state index >= 15 is 0 Å². The van der Waals surface area contributed by atoms with Crippen LogP contribution in [-0.4, -0.2) is 41.8 Å². The van der Waals surface area contributed by atoms with Gasteiger partial charge < -0.3 is 11.1 Å². The van der Waals surface area contributed by atoms with Crippen LogP contribution in [0.15, 0.2) is 45.3 Å². The normalized spacial score (nSPS) is 13.2. The first-order chi connectivity index (χ1) is 14.8. The number of ketones is 1. The quantitative estimate of drug-likeness (QED) is 0.361. The van der Waals surface area contributed by atoms with Crippen LogP contribution in [0.25, 0.3) is 5.69 Å². The van der Waals surface area contributed by atoms with Crippen LogP contribution < -0.4 is 22.3 Å². The number of rotatable bonds is 7. The molecule has 0 radical (unpaired) electrons. The summed E-state index contributed by atoms with van der Waals surface area (Å²) in [6.07, 6.45) is 3.03. The molecule has 160 valence electrons. The smallest absolute Gasteiger partial charge is 0.330 e. The Hall–Kier alpha value is -3.67. The molecule has 3 aromatic rings. The molecule has 11 nitrogen and oxygen atoms in total. The molecular weight excluding hydrogens is 422 g/mol. The summed E-state index contributed by atoms with van der Waals surface area (Å²) in [6.45, 7) is 1.41. The van der Waals surface area contributed by atoms with Crippen LogP contribution >= 0.6 is 11.8 Å². The molecular formula is C19H19N7O4S. The van der Waals surface area contributed by atoms with Crippen molar-refractivity contribution in [3.05, 3.63) is 57.0 Å². The standard InChI is InChI=1S/C19H19N7O4S/c1-10(27)22-11-3-2-4-13(7-11)25-9-21-24-19(25)31-8-14(28)15-16(20)26(12-5-6-12)18(30)23-17(15)29/h2-4,7,9,12H,5-6,8,20H2,1H3,(H,22,27)(H,23,29,30). The van der Waals surface area contributed by atoms with Crippen LogP contribution in [0.4, 0.5) is 11.5 Å². The maximum Gasteiger partial charge on any atom is 0.330 e. The molecule has 4 rings (SSSR count). The predicted molar refractivity (Wildman–Crippen MR) is 115 cm³/mol. The van der Waals surface area contributed by atoms with Crippen molar-refractivity contribution in [2.45, 2.75) is 31.0 Å². The number of nitrogens with zero attached hydrogens (tertiary/aromatic N) is 4. The number of carbonyl (C=O) groups excluding carboxylic acids is 2. The van der Waals surface area contributed by atoms with Gasteiger partial charge >= 0.3 is 5.69 Å². The molecule has 1 aliphatic rings. The Bertz CT molecular complexity index is 1290. The van der Waals surface area contributed by atoms with Crippen LogP contribution in [0.1, 0.15) is 36.2 Å². The number of carbonyl (C=O) groups is 2. The lowest BCUT2D eigenvalue weighted by molar-refractivity contribution is -0.114. The van der Waals surface area contributed by atoms with E-state index in [0.717, 1.165) is 24.6 Å². The SMILES string of the molecule is CC(=O)Nc1cccc(-n2cnnc2SCC(=O)c2c(N)n(C3CC3)c(=O)[nH]c2=O)c1. The zero-order valence-corrected chi connectivity index (χ0v) is 17.3. The summed E-state index contributed by atoms with van der Waals surface area (Å²) >= 11 is 1.08. The Labute approximate surface area is 179 Å². The molecule has 1 saturated carbocycles. The molecule has 1 fully saturated rings. The molecule has 0 bridgehead atoms. The second kappa shape index (κ2) is 8.22. The number of H-pyrrole nitrogens is 1. The average molecular weight is 441 g/mol. The highest BCUT2D eigenvalue weighted by atomic mass is 32.2. The fourth-order valence-corrected chi connectivity index (χ4v) is 3.97. The average Bonchev–Trinajstić information content (AvgIpc) is 3.41. The van der Waals surface area contributed by atoms with Crippen LogP contribution in [0.3, 0.4) is 0 Å². The highest BCUT2D eigenvalue weighted by Gasteiger charge is 2.30. The Morgan fingerprint density at radius 3 is 2.81 bits per heavy atom. The number of thioether (sulfide) groups is 1. The van der Waals surface area contributed by atoms with E-state index in [0.29, 0.717) is 16.5 Å². The van der Waals surface area contributed by atoms with Gasteiger partial charge in [-0.2, -0.15) is 0 Å². The van der Waals surface area contributed by atoms with Crippen molar-refractivity contribution in [2.24, 2.45) is 0 Å². The van der Waals surface area contributed by atoms with Crippen LogP contribution in [0.2, 0.25) is 0 Å². The van der Waals surface area contributed by atoms with E-state index in [1.807, 2.05) is 0 Å². The number of hydrogen-bond donors (Lipinski definition) is 3. The van der Waals surface area contributed by atoms with Gasteiger partial charge in [0.1, 0.15) is 17.7 Å². The number of anilines is 2. The fourth-order valence-electron chi connectivity index (χ4n) is 3.17. The number of Topliss-reactive ketones (excluding diaryl/α,β-unsaturated/α-hetero) is 1. The summed E-state index contributed by atoms with van der Waals surface area (Å²) < 4.78 is 2.93. The minimum atomic E-state index is -0.797. The van der Waals surface area contributed by atoms with Gasteiger partial charge in [0, 0.05) is 18.7 Å². The molecule has 0 aliphatic heterocycles. The Kier molecular flexibility index (Phi) is 5.46. The van der Waals surface area contributed by atoms with Crippen molar-refractivity contribution in [1.82, 2.24) is 24.3 Å². The number of aromatic nitrogens is 5. The van der Waals surface area contributed by atoms with Crippen molar-refractivity contribution in [3.8, 4) is 5.69 Å². The predicted octanol–water partition coefficient (Wildman–Crippen LogP) is 0.968. The first-order valence-electron chi connectivity index (χ1n) is 9.43. The number of nitrogens with one attached hydrogen (secondary N) is 2. The molecule has 1 amide bonds. The molecule has 0 spiro atoms. The van der Waals surface area contributed by atoms with Gasteiger partial charge in [-0.05, 0) is 31.0 Å². The number of benzene rings is 1. The zero-order chi connectivity index (χ0) is 22.1. The molecule has 1 aromatic carbocycles. The highest BCUT2D eigenvalue weighted by molar-refractivity contribution is 7.99. The molecule has 0 unspecified atom stereocenters. The van der Waals surface area contributed by atoms with Gasteiger partial charge in [0.15, 0.2) is 10.9 Å². The Morgan fingerprint density at radius 2 is 2.10 bits per heavy atom. The summed E-state index contributed by atoms with van der Waals surface area (Å²) in [7, 11) is 0. The molecule has 4 N–H and O–H groups in total. The van der Waals surface area contributed by atoms with Gasteiger partial charge in [0.25, 0.3) is 5.56 Å². The van der Waals surface area contributed by atoms with Crippen LogP contribution in [0, 0.1) is 0 Å². The number of aromatic amines is 1. The van der Waals surface area contributed by atoms with Crippen molar-refractivity contribution < 1.29 is 9.59 Å². The minimum absolute atomic E-state index is 0.0810. The van der Waals surface area contributed by atoms with E-state index in [1.165, 1.54) is 17.8 Å². The van der Waals surface area contributed by atoms with Gasteiger partial charge in [-0.1, -0.05) is 17.8 Å². The van der Waals surface area contributed by atoms with E-state index in [4.69, 9.17) is 5.73 Å². The van der Waals surface area contributed by atoms with Gasteiger partial charge in [-0.25, -0.2) is 4.79 Å². The van der Waals surface area contributed by atoms with E-state index < -0.39 is 17.0 Å². The molecule has 31 heavy (non-hydrogen) atoms. The Morgan fingerprint density at radius 1 is 1.32 bits per heavy atom. The van der Waals surface area contributed by atoms with Crippen molar-refractivity contribution in [1.29, 1.82) is 0 Å². The number of nitrogen functional groups attached to an aromatic ring is 1. The van der Waals surface area contributed by atoms with E-state index in [1.54, 1.807) is 28.8 Å². The van der Waals surface area contributed by atoms with Gasteiger partial charge in [-0.15, -0.1) is 10.2 Å². The summed E-state index contributed by atoms with van der Waals surface area (Å²) in [6, 6.07) is 6.97. The van der Waals surface area contributed by atoms with Crippen molar-refractivity contribution >= 4 is 35.0 Å². The van der Waals surface area contributed by atoms with E-state index in [-0.39, 0.29) is 29.1 Å². The van der Waals surface area contributed by atoms with Crippen LogP contribution in [-0.2, 0) is 4.79 Å². The molecule has 0 atom stereocenters. The van der Waals surface area contributed by atoms with Gasteiger partial charge in [0.2, 0.25) is 5.91 Å². The fraction of sp³-hybridized carbons (Fsp3) is 0.263. The van der Waals surface area contributed by atoms with Crippen molar-refractivity contribution in [2.75, 3.05) is 16.8 Å². The lowest BCUT2D eigenvalue weighted by atomic mass is 10.2. The zero-order valence-electron chi connectivity index (χ0n) is 16.5. The topological polar surface area (TPSA) is 158 Å². The third-order valence-electron chi connectivity index (χ3n) is 4.67. The first kappa shape index (κ1) is 20.6. The van der Waals surface area contributed by atoms with Gasteiger partial charge in [0.05, 0.1) is 11.4 Å². The van der Waals surface area contributed by atoms with Gasteiger partial charge in [-0.3, -0.25) is 28.5 Å². The third-order valence-corrected chi connectivity index (χ3v) is 5.61. The maximum atomic E-state index is 12.8. The highest BCUT2D eigenvalue weighted by Crippen LogP contribution is 2.35. The summed E-state index contributed by atoms with van der Waals surface area (Å²) in [4.78, 5) is 50.5. The van der Waals surface area contributed by atoms with E-state index in [2.05, 4.69) is 20.5 Å². The molecule has 1 aliphatic carbocycles. The molecule has 0 saturated heterocycles. The number of nitrogens with two attached hydrogens (primary N) is 1. The third kappa shape index (κ3) is 4.28. The minimum Gasteiger partial charge on any atom is -0.384 e. The second-order valence-electron chi connectivity index (χ2n) is 7.05. The molecule has 12 heteroatoms. The lowest BCUT2D eigenvalue weighted by Gasteiger charge is -2.11. The summed E-state index contributed by atoms with van der Waals surface area (Å²) in [5.41, 5.74) is 5.66. The first-order valence-corrected chi connectivity index (χ1v) is 10.4. The summed E-state index contributed by atoms with van der Waals surface area (Å²) in [5, 5.41) is 11.0.